The van der Waals surface area contributed by atoms with E-state index in [4.69, 9.17) is 32.9 Å². The summed E-state index contributed by atoms with van der Waals surface area (Å²) in [6.45, 7) is 4.33. The predicted molar refractivity (Wildman–Crippen MR) is 154 cm³/mol. The van der Waals surface area contributed by atoms with Gasteiger partial charge in [-0.25, -0.2) is 9.78 Å². The second kappa shape index (κ2) is 12.8. The maximum atomic E-state index is 13.7. The number of carbonyl (C=O) groups is 2. The Morgan fingerprint density at radius 2 is 1.87 bits per heavy atom. The minimum atomic E-state index is -0.490. The van der Waals surface area contributed by atoms with E-state index in [0.717, 1.165) is 34.2 Å². The molecule has 4 rings (SSSR count). The van der Waals surface area contributed by atoms with Gasteiger partial charge >= 0.3 is 5.97 Å². The number of hydrogen-bond donors (Lipinski definition) is 1. The van der Waals surface area contributed by atoms with Crippen molar-refractivity contribution < 1.29 is 14.3 Å². The Hall–Kier alpha value is -2.85. The maximum Gasteiger partial charge on any atom is 0.348 e. The first kappa shape index (κ1) is 28.2. The number of esters is 1. The standard InChI is InChI=1S/C27H25Cl2N3O4S2/c1-3-36-26(35)23-16(2)22-24(38-23)31-27(32(25(22)34)14-18-9-10-19(28)20(29)13-18)37-15-21(33)30-12-11-17-7-5-4-6-8-17/h4-10,13H,3,11-12,14-15H2,1-2H3,(H,30,33). The molecule has 0 aliphatic rings. The lowest BCUT2D eigenvalue weighted by molar-refractivity contribution is -0.118. The number of aryl methyl sites for hydroxylation is 1. The molecule has 2 heterocycles. The second-order valence-electron chi connectivity index (χ2n) is 8.37. The SMILES string of the molecule is CCOC(=O)c1sc2nc(SCC(=O)NCCc3ccccc3)n(Cc3ccc(Cl)c(Cl)c3)c(=O)c2c1C. The Labute approximate surface area is 238 Å². The third kappa shape index (κ3) is 6.58. The fourth-order valence-electron chi connectivity index (χ4n) is 3.83. The molecule has 11 heteroatoms. The van der Waals surface area contributed by atoms with Crippen LogP contribution in [0.2, 0.25) is 10.0 Å². The highest BCUT2D eigenvalue weighted by Gasteiger charge is 2.23. The van der Waals surface area contributed by atoms with E-state index in [1.165, 1.54) is 4.57 Å². The number of fused-ring (bicyclic) bond motifs is 1. The number of nitrogens with zero attached hydrogens (tertiary/aromatic N) is 2. The van der Waals surface area contributed by atoms with Crippen LogP contribution in [0.1, 0.15) is 33.3 Å². The molecule has 1 amide bonds. The smallest absolute Gasteiger partial charge is 0.348 e. The zero-order valence-electron chi connectivity index (χ0n) is 20.8. The minimum absolute atomic E-state index is 0.0726. The number of nitrogens with one attached hydrogen (secondary N) is 1. The highest BCUT2D eigenvalue weighted by Crippen LogP contribution is 2.30. The molecule has 4 aromatic rings. The molecular formula is C27H25Cl2N3O4S2. The molecule has 0 unspecified atom stereocenters. The quantitative estimate of drug-likeness (QED) is 0.144. The normalized spacial score (nSPS) is 11.1. The van der Waals surface area contributed by atoms with Gasteiger partial charge in [0.05, 0.1) is 34.3 Å². The summed E-state index contributed by atoms with van der Waals surface area (Å²) in [5, 5.41) is 4.41. The van der Waals surface area contributed by atoms with Gasteiger partial charge in [-0.1, -0.05) is 71.4 Å². The molecule has 2 aromatic carbocycles. The van der Waals surface area contributed by atoms with Gasteiger partial charge < -0.3 is 10.1 Å². The average molecular weight is 591 g/mol. The Morgan fingerprint density at radius 1 is 1.11 bits per heavy atom. The molecule has 0 atom stereocenters. The first-order valence-electron chi connectivity index (χ1n) is 11.9. The van der Waals surface area contributed by atoms with E-state index >= 15 is 0 Å². The molecule has 2 aromatic heterocycles. The van der Waals surface area contributed by atoms with Crippen LogP contribution in [0.25, 0.3) is 10.2 Å². The monoisotopic (exact) mass is 589 g/mol. The van der Waals surface area contributed by atoms with Gasteiger partial charge in [0.2, 0.25) is 5.91 Å². The summed E-state index contributed by atoms with van der Waals surface area (Å²) in [6.07, 6.45) is 0.717. The van der Waals surface area contributed by atoms with Crippen LogP contribution >= 0.6 is 46.3 Å². The maximum absolute atomic E-state index is 13.7. The molecule has 38 heavy (non-hydrogen) atoms. The molecule has 0 saturated heterocycles. The molecule has 0 radical (unpaired) electrons. The van der Waals surface area contributed by atoms with Crippen molar-refractivity contribution in [3.8, 4) is 0 Å². The molecule has 1 N–H and O–H groups in total. The number of amides is 1. The van der Waals surface area contributed by atoms with Crippen LogP contribution in [0, 0.1) is 6.92 Å². The van der Waals surface area contributed by atoms with Gasteiger partial charge in [-0.2, -0.15) is 0 Å². The van der Waals surface area contributed by atoms with Gasteiger partial charge in [0, 0.05) is 6.54 Å². The fourth-order valence-corrected chi connectivity index (χ4v) is 6.10. The summed E-state index contributed by atoms with van der Waals surface area (Å²) in [5.41, 5.74) is 2.10. The number of halogens is 2. The van der Waals surface area contributed by atoms with E-state index in [2.05, 4.69) is 5.32 Å². The summed E-state index contributed by atoms with van der Waals surface area (Å²) >= 11 is 14.5. The van der Waals surface area contributed by atoms with Crippen LogP contribution in [0.15, 0.2) is 58.5 Å². The Morgan fingerprint density at radius 3 is 2.58 bits per heavy atom. The van der Waals surface area contributed by atoms with Gasteiger partial charge in [-0.15, -0.1) is 11.3 Å². The third-order valence-electron chi connectivity index (χ3n) is 5.71. The number of hydrogen-bond acceptors (Lipinski definition) is 7. The molecular weight excluding hydrogens is 565 g/mol. The lowest BCUT2D eigenvalue weighted by Gasteiger charge is -2.13. The molecule has 0 bridgehead atoms. The van der Waals surface area contributed by atoms with Gasteiger partial charge in [-0.05, 0) is 49.1 Å². The van der Waals surface area contributed by atoms with Crippen LogP contribution in [-0.4, -0.2) is 40.3 Å². The summed E-state index contributed by atoms with van der Waals surface area (Å²) in [5.74, 6) is -0.588. The molecule has 7 nitrogen and oxygen atoms in total. The Bertz CT molecular complexity index is 1540. The zero-order valence-corrected chi connectivity index (χ0v) is 23.9. The molecule has 0 aliphatic heterocycles. The third-order valence-corrected chi connectivity index (χ3v) is 8.59. The van der Waals surface area contributed by atoms with Crippen LogP contribution < -0.4 is 10.9 Å². The minimum Gasteiger partial charge on any atom is -0.462 e. The van der Waals surface area contributed by atoms with Crippen molar-refractivity contribution in [2.45, 2.75) is 32.0 Å². The van der Waals surface area contributed by atoms with Gasteiger partial charge in [-0.3, -0.25) is 14.2 Å². The number of benzene rings is 2. The van der Waals surface area contributed by atoms with Crippen molar-refractivity contribution in [1.29, 1.82) is 0 Å². The van der Waals surface area contributed by atoms with E-state index in [9.17, 15) is 14.4 Å². The largest absolute Gasteiger partial charge is 0.462 e. The highest BCUT2D eigenvalue weighted by atomic mass is 35.5. The first-order valence-corrected chi connectivity index (χ1v) is 14.4. The zero-order chi connectivity index (χ0) is 27.2. The lowest BCUT2D eigenvalue weighted by atomic mass is 10.1. The molecule has 0 saturated carbocycles. The van der Waals surface area contributed by atoms with E-state index in [1.54, 1.807) is 32.0 Å². The molecule has 0 fully saturated rings. The van der Waals surface area contributed by atoms with Crippen molar-refractivity contribution in [3.05, 3.63) is 90.5 Å². The van der Waals surface area contributed by atoms with Gasteiger partial charge in [0.25, 0.3) is 5.56 Å². The average Bonchev–Trinajstić information content (AvgIpc) is 3.24. The van der Waals surface area contributed by atoms with Crippen molar-refractivity contribution >= 4 is 68.4 Å². The van der Waals surface area contributed by atoms with Crippen molar-refractivity contribution in [2.75, 3.05) is 18.9 Å². The Balaban J connectivity index is 1.61. The second-order valence-corrected chi connectivity index (χ2v) is 11.1. The van der Waals surface area contributed by atoms with Crippen LogP contribution in [0.5, 0.6) is 0 Å². The fraction of sp³-hybridized carbons (Fsp3) is 0.259. The number of ether oxygens (including phenoxy) is 1. The molecule has 0 spiro atoms. The number of carbonyl (C=O) groups excluding carboxylic acids is 2. The predicted octanol–water partition coefficient (Wildman–Crippen LogP) is 5.75. The summed E-state index contributed by atoms with van der Waals surface area (Å²) < 4.78 is 6.66. The summed E-state index contributed by atoms with van der Waals surface area (Å²) in [6, 6.07) is 15.0. The molecule has 0 aliphatic carbocycles. The highest BCUT2D eigenvalue weighted by molar-refractivity contribution is 7.99. The number of aromatic nitrogens is 2. The summed E-state index contributed by atoms with van der Waals surface area (Å²) in [7, 11) is 0. The summed E-state index contributed by atoms with van der Waals surface area (Å²) in [4.78, 5) is 44.2. The lowest BCUT2D eigenvalue weighted by Crippen LogP contribution is -2.28. The van der Waals surface area contributed by atoms with Crippen molar-refractivity contribution in [1.82, 2.24) is 14.9 Å². The topological polar surface area (TPSA) is 90.3 Å². The van der Waals surface area contributed by atoms with Crippen LogP contribution in [0.3, 0.4) is 0 Å². The van der Waals surface area contributed by atoms with E-state index in [-0.39, 0.29) is 30.4 Å². The molecule has 198 valence electrons. The van der Waals surface area contributed by atoms with Crippen molar-refractivity contribution in [3.63, 3.8) is 0 Å². The number of thioether (sulfide) groups is 1. The van der Waals surface area contributed by atoms with E-state index < -0.39 is 5.97 Å². The van der Waals surface area contributed by atoms with Crippen LogP contribution in [0.4, 0.5) is 0 Å². The Kier molecular flexibility index (Phi) is 9.49. The van der Waals surface area contributed by atoms with Gasteiger partial charge in [0.1, 0.15) is 9.71 Å². The first-order chi connectivity index (χ1) is 18.3. The van der Waals surface area contributed by atoms with Crippen LogP contribution in [-0.2, 0) is 22.5 Å². The van der Waals surface area contributed by atoms with Gasteiger partial charge in [0.15, 0.2) is 5.16 Å². The van der Waals surface area contributed by atoms with E-state index in [1.807, 2.05) is 30.3 Å². The number of thiophene rings is 1. The number of rotatable bonds is 10. The van der Waals surface area contributed by atoms with Crippen molar-refractivity contribution in [2.24, 2.45) is 0 Å². The van der Waals surface area contributed by atoms with E-state index in [0.29, 0.717) is 48.8 Å².